The number of aliphatic hydroxyl groups excluding tert-OH is 1. The number of hydrogen-bond acceptors (Lipinski definition) is 6. The highest BCUT2D eigenvalue weighted by molar-refractivity contribution is 7.52. The normalized spacial score (nSPS) is 13.1. The predicted octanol–water partition coefficient (Wildman–Crippen LogP) is 2.49. The van der Waals surface area contributed by atoms with Crippen molar-refractivity contribution in [1.29, 1.82) is 0 Å². The molecule has 0 bridgehead atoms. The number of hydrogen-bond donors (Lipinski definition) is 4. The van der Waals surface area contributed by atoms with E-state index in [0.29, 0.717) is 11.9 Å². The Labute approximate surface area is 189 Å². The van der Waals surface area contributed by atoms with Crippen molar-refractivity contribution in [3.63, 3.8) is 0 Å². The quantitative estimate of drug-likeness (QED) is 0.260. The Kier molecular flexibility index (Phi) is 8.10. The summed E-state index contributed by atoms with van der Waals surface area (Å²) in [6, 6.07) is 7.71. The lowest BCUT2D eigenvalue weighted by Gasteiger charge is -2.13. The summed E-state index contributed by atoms with van der Waals surface area (Å²) in [6.45, 7) is 1.17. The van der Waals surface area contributed by atoms with Gasteiger partial charge >= 0.3 is 7.60 Å². The van der Waals surface area contributed by atoms with Crippen LogP contribution in [0.1, 0.15) is 40.4 Å². The lowest BCUT2D eigenvalue weighted by molar-refractivity contribution is 0.0949. The first-order valence-electron chi connectivity index (χ1n) is 10.4. The molecule has 0 saturated heterocycles. The number of aliphatic hydroxyl groups is 1. The average Bonchev–Trinajstić information content (AvgIpc) is 2.77. The van der Waals surface area contributed by atoms with E-state index in [1.165, 1.54) is 12.1 Å². The van der Waals surface area contributed by atoms with Crippen LogP contribution in [0.5, 0.6) is 0 Å². The number of amides is 1. The molecule has 4 N–H and O–H groups in total. The van der Waals surface area contributed by atoms with Crippen molar-refractivity contribution >= 4 is 24.5 Å². The Bertz CT molecular complexity index is 1250. The van der Waals surface area contributed by atoms with E-state index in [0.717, 1.165) is 11.1 Å². The molecule has 0 fully saturated rings. The molecule has 0 saturated carbocycles. The fourth-order valence-corrected chi connectivity index (χ4v) is 4.54. The summed E-state index contributed by atoms with van der Waals surface area (Å²) in [5.41, 5.74) is 1.39. The zero-order chi connectivity index (χ0) is 24.0. The smallest absolute Gasteiger partial charge is 0.328 e. The number of carbonyl (C=O) groups is 1. The van der Waals surface area contributed by atoms with Crippen LogP contribution in [0.2, 0.25) is 0 Å². The summed E-state index contributed by atoms with van der Waals surface area (Å²) < 4.78 is 29.6. The first-order valence-corrected chi connectivity index (χ1v) is 12.1. The van der Waals surface area contributed by atoms with Crippen LogP contribution < -0.4 is 10.9 Å². The molecule has 2 heterocycles. The molecule has 1 atom stereocenters. The lowest BCUT2D eigenvalue weighted by atomic mass is 10.0. The molecule has 1 amide bonds. The molecule has 176 valence electrons. The van der Waals surface area contributed by atoms with E-state index in [1.807, 2.05) is 0 Å². The Morgan fingerprint density at radius 3 is 2.67 bits per heavy atom. The molecule has 9 nitrogen and oxygen atoms in total. The lowest BCUT2D eigenvalue weighted by Crippen LogP contribution is -2.32. The number of rotatable bonds is 10. The number of nitrogens with one attached hydrogen (secondary N) is 2. The molecular weight excluding hydrogens is 452 g/mol. The van der Waals surface area contributed by atoms with Gasteiger partial charge in [0.15, 0.2) is 0 Å². The van der Waals surface area contributed by atoms with Gasteiger partial charge in [-0.3, -0.25) is 19.1 Å². The molecule has 0 aliphatic heterocycles. The van der Waals surface area contributed by atoms with Gasteiger partial charge in [-0.15, -0.1) is 0 Å². The molecule has 1 unspecified atom stereocenters. The van der Waals surface area contributed by atoms with Gasteiger partial charge in [-0.1, -0.05) is 12.1 Å². The number of halogens is 1. The summed E-state index contributed by atoms with van der Waals surface area (Å²) in [5, 5.41) is 12.4. The van der Waals surface area contributed by atoms with E-state index in [4.69, 9.17) is 4.52 Å². The predicted molar refractivity (Wildman–Crippen MR) is 121 cm³/mol. The summed E-state index contributed by atoms with van der Waals surface area (Å²) in [5.74, 6) is -1.05. The maximum Gasteiger partial charge on any atom is 0.328 e. The second-order valence-electron chi connectivity index (χ2n) is 7.40. The number of H-pyrrole nitrogens is 1. The van der Waals surface area contributed by atoms with Gasteiger partial charge in [-0.05, 0) is 49.1 Å². The topological polar surface area (TPSA) is 142 Å². The van der Waals surface area contributed by atoms with Gasteiger partial charge in [0, 0.05) is 18.3 Å². The highest BCUT2D eigenvalue weighted by atomic mass is 31.2. The molecule has 0 radical (unpaired) electrons. The van der Waals surface area contributed by atoms with Crippen LogP contribution in [0, 0.1) is 5.82 Å². The van der Waals surface area contributed by atoms with E-state index in [9.17, 15) is 28.5 Å². The summed E-state index contributed by atoms with van der Waals surface area (Å²) in [4.78, 5) is 41.8. The van der Waals surface area contributed by atoms with Crippen LogP contribution >= 0.6 is 7.60 Å². The zero-order valence-electron chi connectivity index (χ0n) is 18.0. The third-order valence-corrected chi connectivity index (χ3v) is 6.49. The molecule has 0 aliphatic rings. The summed E-state index contributed by atoms with van der Waals surface area (Å²) >= 11 is 0. The monoisotopic (exact) mass is 477 g/mol. The molecule has 2 aromatic heterocycles. The van der Waals surface area contributed by atoms with Crippen molar-refractivity contribution in [2.75, 3.05) is 19.3 Å². The Morgan fingerprint density at radius 2 is 2.00 bits per heavy atom. The Hall–Kier alpha value is -2.91. The first-order chi connectivity index (χ1) is 15.7. The second kappa shape index (κ2) is 10.8. The maximum atomic E-state index is 13.1. The molecule has 1 aromatic carbocycles. The molecule has 33 heavy (non-hydrogen) atoms. The van der Waals surface area contributed by atoms with Crippen LogP contribution in [0.4, 0.5) is 4.39 Å². The van der Waals surface area contributed by atoms with Crippen LogP contribution in [-0.2, 0) is 22.1 Å². The second-order valence-corrected chi connectivity index (χ2v) is 9.38. The van der Waals surface area contributed by atoms with E-state index in [2.05, 4.69) is 15.3 Å². The minimum Gasteiger partial charge on any atom is -0.392 e. The molecule has 3 aromatic rings. The number of benzene rings is 1. The molecule has 0 spiro atoms. The third kappa shape index (κ3) is 6.33. The Morgan fingerprint density at radius 1 is 1.27 bits per heavy atom. The Balaban J connectivity index is 1.79. The van der Waals surface area contributed by atoms with Gasteiger partial charge in [0.05, 0.1) is 30.4 Å². The number of fused-ring (bicyclic) bond motifs is 1. The highest BCUT2D eigenvalue weighted by Gasteiger charge is 2.21. The number of aromatic amines is 1. The maximum absolute atomic E-state index is 13.1. The molecule has 3 rings (SSSR count). The minimum atomic E-state index is -3.70. The summed E-state index contributed by atoms with van der Waals surface area (Å²) in [6.07, 6.45) is 2.06. The van der Waals surface area contributed by atoms with Crippen LogP contribution in [0.25, 0.3) is 11.0 Å². The van der Waals surface area contributed by atoms with Crippen LogP contribution in [0.3, 0.4) is 0 Å². The number of pyridine rings is 2. The van der Waals surface area contributed by atoms with E-state index in [1.54, 1.807) is 31.3 Å². The average molecular weight is 477 g/mol. The van der Waals surface area contributed by atoms with E-state index < -0.39 is 25.7 Å². The van der Waals surface area contributed by atoms with Crippen molar-refractivity contribution in [2.45, 2.75) is 26.4 Å². The van der Waals surface area contributed by atoms with Gasteiger partial charge < -0.3 is 24.8 Å². The van der Waals surface area contributed by atoms with Crippen LogP contribution in [-0.4, -0.2) is 45.2 Å². The highest BCUT2D eigenvalue weighted by Crippen LogP contribution is 2.41. The standard InChI is InChI=1S/C22H25FN3O6P/c1-2-32-33(30,31)9-3-8-24-21(28)19-17(13-27)20-18(26-22(19)29)11-15(12-25-20)10-14-4-6-16(23)7-5-14/h4-7,11-12,27H,2-3,8-10,13H2,1H3,(H,24,28)(H,26,29)(H,30,31). The minimum absolute atomic E-state index is 0.0445. The first kappa shape index (κ1) is 24.7. The number of aromatic nitrogens is 2. The van der Waals surface area contributed by atoms with Gasteiger partial charge in [0.1, 0.15) is 11.4 Å². The van der Waals surface area contributed by atoms with Gasteiger partial charge in [-0.25, -0.2) is 4.39 Å². The third-order valence-electron chi connectivity index (χ3n) is 4.95. The summed E-state index contributed by atoms with van der Waals surface area (Å²) in [7, 11) is -3.70. The van der Waals surface area contributed by atoms with E-state index >= 15 is 0 Å². The molecule has 0 aliphatic carbocycles. The SMILES string of the molecule is CCOP(=O)(O)CCCNC(=O)c1c(CO)c2ncc(Cc3ccc(F)cc3)cc2[nH]c1=O. The van der Waals surface area contributed by atoms with Crippen molar-refractivity contribution in [1.82, 2.24) is 15.3 Å². The van der Waals surface area contributed by atoms with Crippen molar-refractivity contribution in [3.05, 3.63) is 75.0 Å². The van der Waals surface area contributed by atoms with Gasteiger partial charge in [-0.2, -0.15) is 0 Å². The van der Waals surface area contributed by atoms with E-state index in [-0.39, 0.29) is 48.2 Å². The van der Waals surface area contributed by atoms with Gasteiger partial charge in [0.2, 0.25) is 0 Å². The van der Waals surface area contributed by atoms with Crippen molar-refractivity contribution < 1.29 is 28.3 Å². The molecular formula is C22H25FN3O6P. The fraction of sp³-hybridized carbons (Fsp3) is 0.318. The van der Waals surface area contributed by atoms with Crippen molar-refractivity contribution in [2.24, 2.45) is 0 Å². The zero-order valence-corrected chi connectivity index (χ0v) is 18.9. The van der Waals surface area contributed by atoms with Crippen LogP contribution in [0.15, 0.2) is 41.3 Å². The number of nitrogens with zero attached hydrogens (tertiary/aromatic N) is 1. The largest absolute Gasteiger partial charge is 0.392 e. The molecule has 11 heteroatoms. The fourth-order valence-electron chi connectivity index (χ4n) is 3.45. The number of carbonyl (C=O) groups excluding carboxylic acids is 1. The van der Waals surface area contributed by atoms with Gasteiger partial charge in [0.25, 0.3) is 11.5 Å². The van der Waals surface area contributed by atoms with Crippen molar-refractivity contribution in [3.8, 4) is 0 Å².